The molecule has 0 aliphatic heterocycles. The molecule has 4 rings (SSSR count). The summed E-state index contributed by atoms with van der Waals surface area (Å²) >= 11 is 0. The zero-order valence-corrected chi connectivity index (χ0v) is 20.0. The highest BCUT2D eigenvalue weighted by molar-refractivity contribution is 6.05. The van der Waals surface area contributed by atoms with E-state index in [1.807, 2.05) is 72.8 Å². The van der Waals surface area contributed by atoms with Gasteiger partial charge in [-0.25, -0.2) is 0 Å². The van der Waals surface area contributed by atoms with Gasteiger partial charge in [0, 0.05) is 18.7 Å². The molecule has 5 N–H and O–H groups in total. The second-order valence-corrected chi connectivity index (χ2v) is 8.49. The average molecular weight is 479 g/mol. The van der Waals surface area contributed by atoms with Crippen molar-refractivity contribution in [3.63, 3.8) is 0 Å². The maximum atomic E-state index is 13.2. The number of rotatable bonds is 10. The summed E-state index contributed by atoms with van der Waals surface area (Å²) in [6.45, 7) is 1.07. The normalized spacial score (nSPS) is 11.4. The van der Waals surface area contributed by atoms with Crippen molar-refractivity contribution in [2.45, 2.75) is 19.0 Å². The Labute approximate surface area is 211 Å². The largest absolute Gasteiger partial charge is 0.397 e. The maximum absolute atomic E-state index is 13.2. The molecule has 0 spiro atoms. The third-order valence-corrected chi connectivity index (χ3v) is 5.89. The minimum Gasteiger partial charge on any atom is -0.397 e. The Morgan fingerprint density at radius 2 is 1.33 bits per heavy atom. The molecule has 1 atom stereocenters. The molecular formula is C30H30N4O2. The summed E-state index contributed by atoms with van der Waals surface area (Å²) in [5.74, 6) is -0.386. The summed E-state index contributed by atoms with van der Waals surface area (Å²) in [4.78, 5) is 25.9. The van der Waals surface area contributed by atoms with Crippen LogP contribution in [0.15, 0.2) is 109 Å². The number of anilines is 2. The number of nitrogens with one attached hydrogen (secondary N) is 3. The van der Waals surface area contributed by atoms with Crippen LogP contribution in [0.4, 0.5) is 11.4 Å². The number of amides is 2. The van der Waals surface area contributed by atoms with Crippen molar-refractivity contribution in [3.8, 4) is 0 Å². The van der Waals surface area contributed by atoms with Gasteiger partial charge < -0.3 is 21.7 Å². The second-order valence-electron chi connectivity index (χ2n) is 8.49. The first-order valence-electron chi connectivity index (χ1n) is 11.9. The molecular weight excluding hydrogens is 448 g/mol. The molecule has 0 aliphatic carbocycles. The van der Waals surface area contributed by atoms with Crippen LogP contribution in [0.1, 0.15) is 33.1 Å². The molecule has 0 saturated carbocycles. The number of carbonyl (C=O) groups excluding carboxylic acids is 2. The van der Waals surface area contributed by atoms with E-state index < -0.39 is 6.04 Å². The zero-order valence-electron chi connectivity index (χ0n) is 20.0. The SMILES string of the molecule is Nc1ccccc1NC(=O)c1ccc(C(NCCc2ccccc2)C(=O)NCc2ccccc2)cc1. The summed E-state index contributed by atoms with van der Waals surface area (Å²) in [6.07, 6.45) is 0.794. The number of para-hydroxylation sites is 2. The second kappa shape index (κ2) is 12.3. The van der Waals surface area contributed by atoms with Gasteiger partial charge in [-0.05, 0) is 47.4 Å². The van der Waals surface area contributed by atoms with E-state index in [-0.39, 0.29) is 11.8 Å². The lowest BCUT2D eigenvalue weighted by Gasteiger charge is -2.19. The fourth-order valence-electron chi connectivity index (χ4n) is 3.89. The van der Waals surface area contributed by atoms with Crippen LogP contribution in [-0.2, 0) is 17.8 Å². The zero-order chi connectivity index (χ0) is 25.2. The summed E-state index contributed by atoms with van der Waals surface area (Å²) in [5.41, 5.74) is 10.5. The van der Waals surface area contributed by atoms with Crippen molar-refractivity contribution >= 4 is 23.2 Å². The lowest BCUT2D eigenvalue weighted by Crippen LogP contribution is -2.38. The van der Waals surface area contributed by atoms with E-state index in [1.165, 1.54) is 5.56 Å². The molecule has 0 aliphatic rings. The Hall–Kier alpha value is -4.42. The molecule has 0 aromatic heterocycles. The van der Waals surface area contributed by atoms with Crippen LogP contribution in [0.25, 0.3) is 0 Å². The van der Waals surface area contributed by atoms with Crippen molar-refractivity contribution in [2.24, 2.45) is 0 Å². The lowest BCUT2D eigenvalue weighted by molar-refractivity contribution is -0.123. The molecule has 0 radical (unpaired) electrons. The number of nitrogens with two attached hydrogens (primary N) is 1. The fraction of sp³-hybridized carbons (Fsp3) is 0.133. The van der Waals surface area contributed by atoms with Crippen LogP contribution >= 0.6 is 0 Å². The van der Waals surface area contributed by atoms with Crippen LogP contribution in [0.3, 0.4) is 0 Å². The molecule has 0 fully saturated rings. The average Bonchev–Trinajstić information content (AvgIpc) is 2.92. The number of benzene rings is 4. The Kier molecular flexibility index (Phi) is 8.46. The van der Waals surface area contributed by atoms with Crippen molar-refractivity contribution in [2.75, 3.05) is 17.6 Å². The topological polar surface area (TPSA) is 96.2 Å². The Bertz CT molecular complexity index is 1280. The Balaban J connectivity index is 1.45. The van der Waals surface area contributed by atoms with Crippen LogP contribution in [0.2, 0.25) is 0 Å². The van der Waals surface area contributed by atoms with Gasteiger partial charge in [0.05, 0.1) is 11.4 Å². The number of hydrogen-bond donors (Lipinski definition) is 4. The van der Waals surface area contributed by atoms with Gasteiger partial charge in [0.25, 0.3) is 5.91 Å². The maximum Gasteiger partial charge on any atom is 0.255 e. The van der Waals surface area contributed by atoms with Crippen molar-refractivity contribution in [1.29, 1.82) is 0 Å². The van der Waals surface area contributed by atoms with Crippen LogP contribution in [-0.4, -0.2) is 18.4 Å². The Morgan fingerprint density at radius 1 is 0.722 bits per heavy atom. The summed E-state index contributed by atoms with van der Waals surface area (Å²) < 4.78 is 0. The number of nitrogen functional groups attached to an aromatic ring is 1. The minimum absolute atomic E-state index is 0.124. The van der Waals surface area contributed by atoms with Gasteiger partial charge in [0.2, 0.25) is 5.91 Å². The molecule has 4 aromatic carbocycles. The van der Waals surface area contributed by atoms with Gasteiger partial charge in [-0.2, -0.15) is 0 Å². The lowest BCUT2D eigenvalue weighted by atomic mass is 10.0. The quantitative estimate of drug-likeness (QED) is 0.248. The smallest absolute Gasteiger partial charge is 0.255 e. The summed E-state index contributed by atoms with van der Waals surface area (Å²) in [7, 11) is 0. The van der Waals surface area contributed by atoms with Crippen LogP contribution < -0.4 is 21.7 Å². The van der Waals surface area contributed by atoms with Crippen molar-refractivity contribution in [1.82, 2.24) is 10.6 Å². The highest BCUT2D eigenvalue weighted by Gasteiger charge is 2.20. The number of hydrogen-bond acceptors (Lipinski definition) is 4. The molecule has 6 heteroatoms. The fourth-order valence-corrected chi connectivity index (χ4v) is 3.89. The molecule has 0 saturated heterocycles. The summed E-state index contributed by atoms with van der Waals surface area (Å²) in [6, 6.07) is 33.6. The van der Waals surface area contributed by atoms with E-state index in [1.54, 1.807) is 24.3 Å². The molecule has 0 bridgehead atoms. The predicted octanol–water partition coefficient (Wildman–Crippen LogP) is 4.71. The molecule has 2 amide bonds. The molecule has 4 aromatic rings. The Morgan fingerprint density at radius 3 is 2.00 bits per heavy atom. The van der Waals surface area contributed by atoms with Gasteiger partial charge in [-0.3, -0.25) is 9.59 Å². The molecule has 36 heavy (non-hydrogen) atoms. The predicted molar refractivity (Wildman–Crippen MR) is 144 cm³/mol. The summed E-state index contributed by atoms with van der Waals surface area (Å²) in [5, 5.41) is 9.25. The van der Waals surface area contributed by atoms with Crippen LogP contribution in [0, 0.1) is 0 Å². The molecule has 0 heterocycles. The van der Waals surface area contributed by atoms with Gasteiger partial charge in [-0.15, -0.1) is 0 Å². The molecule has 182 valence electrons. The highest BCUT2D eigenvalue weighted by Crippen LogP contribution is 2.19. The van der Waals surface area contributed by atoms with Crippen molar-refractivity contribution in [3.05, 3.63) is 131 Å². The first-order chi connectivity index (χ1) is 17.6. The van der Waals surface area contributed by atoms with Crippen molar-refractivity contribution < 1.29 is 9.59 Å². The van der Waals surface area contributed by atoms with Gasteiger partial charge >= 0.3 is 0 Å². The third-order valence-electron chi connectivity index (χ3n) is 5.89. The van der Waals surface area contributed by atoms with E-state index in [0.29, 0.717) is 30.0 Å². The third kappa shape index (κ3) is 6.81. The first kappa shape index (κ1) is 24.7. The van der Waals surface area contributed by atoms with E-state index in [0.717, 1.165) is 17.5 Å². The van der Waals surface area contributed by atoms with E-state index in [9.17, 15) is 9.59 Å². The van der Waals surface area contributed by atoms with E-state index in [4.69, 9.17) is 5.73 Å². The standard InChI is InChI=1S/C30H30N4O2/c31-26-13-7-8-14-27(26)34-29(35)25-17-15-24(16-18-25)28(32-20-19-22-9-3-1-4-10-22)30(36)33-21-23-11-5-2-6-12-23/h1-18,28,32H,19-21,31H2,(H,33,36)(H,34,35). The molecule has 6 nitrogen and oxygen atoms in total. The highest BCUT2D eigenvalue weighted by atomic mass is 16.2. The van der Waals surface area contributed by atoms with Gasteiger partial charge in [-0.1, -0.05) is 84.9 Å². The monoisotopic (exact) mass is 478 g/mol. The molecule has 1 unspecified atom stereocenters. The van der Waals surface area contributed by atoms with Gasteiger partial charge in [0.1, 0.15) is 6.04 Å². The first-order valence-corrected chi connectivity index (χ1v) is 11.9. The van der Waals surface area contributed by atoms with E-state index in [2.05, 4.69) is 28.1 Å². The van der Waals surface area contributed by atoms with E-state index >= 15 is 0 Å². The number of carbonyl (C=O) groups is 2. The van der Waals surface area contributed by atoms with Gasteiger partial charge in [0.15, 0.2) is 0 Å². The minimum atomic E-state index is -0.556. The van der Waals surface area contributed by atoms with Crippen LogP contribution in [0.5, 0.6) is 0 Å².